The number of nitrogens with two attached hydrogens (primary N) is 1. The minimum Gasteiger partial charge on any atom is -0.481 e. The molecule has 0 saturated heterocycles. The van der Waals surface area contributed by atoms with Gasteiger partial charge in [-0.15, -0.1) is 0 Å². The highest BCUT2D eigenvalue weighted by molar-refractivity contribution is 9.11. The van der Waals surface area contributed by atoms with Gasteiger partial charge in [0.1, 0.15) is 5.75 Å². The van der Waals surface area contributed by atoms with Crippen LogP contribution in [0.25, 0.3) is 0 Å². The Morgan fingerprint density at radius 3 is 2.48 bits per heavy atom. The van der Waals surface area contributed by atoms with Gasteiger partial charge < -0.3 is 15.8 Å². The summed E-state index contributed by atoms with van der Waals surface area (Å²) in [6.07, 6.45) is 5.36. The molecule has 2 rings (SSSR count). The van der Waals surface area contributed by atoms with Crippen molar-refractivity contribution in [1.29, 1.82) is 0 Å². The van der Waals surface area contributed by atoms with Gasteiger partial charge in [0.25, 0.3) is 5.91 Å². The fourth-order valence-electron chi connectivity index (χ4n) is 2.54. The Morgan fingerprint density at radius 2 is 1.90 bits per heavy atom. The van der Waals surface area contributed by atoms with Gasteiger partial charge in [0.05, 0.1) is 8.95 Å². The Morgan fingerprint density at radius 1 is 1.29 bits per heavy atom. The van der Waals surface area contributed by atoms with Crippen LogP contribution in [0, 0.1) is 0 Å². The van der Waals surface area contributed by atoms with E-state index in [2.05, 4.69) is 37.2 Å². The number of hydrogen-bond donors (Lipinski definition) is 2. The van der Waals surface area contributed by atoms with Gasteiger partial charge in [-0.3, -0.25) is 4.79 Å². The molecule has 3 N–H and O–H groups in total. The van der Waals surface area contributed by atoms with Gasteiger partial charge in [-0.05, 0) is 75.4 Å². The Labute approximate surface area is 142 Å². The van der Waals surface area contributed by atoms with Gasteiger partial charge in [-0.25, -0.2) is 0 Å². The van der Waals surface area contributed by atoms with Crippen LogP contribution >= 0.6 is 31.9 Å². The monoisotopic (exact) mass is 418 g/mol. The van der Waals surface area contributed by atoms with Crippen LogP contribution in [0.2, 0.25) is 0 Å². The van der Waals surface area contributed by atoms with Crippen molar-refractivity contribution in [2.24, 2.45) is 5.73 Å². The minimum absolute atomic E-state index is 0.0317. The van der Waals surface area contributed by atoms with E-state index in [9.17, 15) is 4.79 Å². The molecule has 0 aromatic heterocycles. The van der Waals surface area contributed by atoms with Crippen molar-refractivity contribution in [3.8, 4) is 5.75 Å². The first kappa shape index (κ1) is 16.8. The summed E-state index contributed by atoms with van der Waals surface area (Å²) < 4.78 is 7.29. The van der Waals surface area contributed by atoms with E-state index in [-0.39, 0.29) is 12.5 Å². The zero-order valence-electron chi connectivity index (χ0n) is 11.8. The second-order valence-electron chi connectivity index (χ2n) is 5.26. The van der Waals surface area contributed by atoms with Crippen molar-refractivity contribution >= 4 is 37.8 Å². The van der Waals surface area contributed by atoms with E-state index < -0.39 is 0 Å². The highest BCUT2D eigenvalue weighted by Gasteiger charge is 2.18. The molecular weight excluding hydrogens is 400 g/mol. The topological polar surface area (TPSA) is 64.3 Å². The third kappa shape index (κ3) is 4.97. The van der Waals surface area contributed by atoms with Gasteiger partial charge in [0, 0.05) is 6.04 Å². The Hall–Kier alpha value is -0.590. The molecule has 0 unspecified atom stereocenters. The van der Waals surface area contributed by atoms with Crippen molar-refractivity contribution in [1.82, 2.24) is 5.32 Å². The maximum absolute atomic E-state index is 11.9. The van der Waals surface area contributed by atoms with Crippen LogP contribution in [0.3, 0.4) is 0 Å². The Bertz CT molecular complexity index is 479. The molecule has 0 bridgehead atoms. The van der Waals surface area contributed by atoms with Crippen LogP contribution < -0.4 is 15.8 Å². The van der Waals surface area contributed by atoms with Gasteiger partial charge in [0.2, 0.25) is 0 Å². The fourth-order valence-corrected chi connectivity index (χ4v) is 4.05. The van der Waals surface area contributed by atoms with Crippen molar-refractivity contribution in [3.05, 3.63) is 26.6 Å². The second kappa shape index (κ2) is 8.15. The Kier molecular flexibility index (Phi) is 6.51. The number of carbonyl (C=O) groups excluding carboxylic acids is 1. The standard InChI is InChI=1S/C15H20Br2N2O2/c16-12-7-10(5-6-18)8-13(17)15(12)21-9-14(20)19-11-3-1-2-4-11/h7-8,11H,1-6,9,18H2,(H,19,20). The third-order valence-electron chi connectivity index (χ3n) is 3.56. The summed E-state index contributed by atoms with van der Waals surface area (Å²) in [7, 11) is 0. The maximum Gasteiger partial charge on any atom is 0.258 e. The summed E-state index contributed by atoms with van der Waals surface area (Å²) in [4.78, 5) is 11.9. The van der Waals surface area contributed by atoms with E-state index in [0.29, 0.717) is 18.3 Å². The van der Waals surface area contributed by atoms with Crippen LogP contribution in [-0.2, 0) is 11.2 Å². The lowest BCUT2D eigenvalue weighted by Gasteiger charge is -2.14. The van der Waals surface area contributed by atoms with Gasteiger partial charge in [0.15, 0.2) is 6.61 Å². The molecule has 1 aromatic carbocycles. The number of carbonyl (C=O) groups is 1. The molecule has 116 valence electrons. The number of amides is 1. The molecule has 0 heterocycles. The fraction of sp³-hybridized carbons (Fsp3) is 0.533. The summed E-state index contributed by atoms with van der Waals surface area (Å²) in [5.74, 6) is 0.587. The summed E-state index contributed by atoms with van der Waals surface area (Å²) in [5.41, 5.74) is 6.68. The average Bonchev–Trinajstić information content (AvgIpc) is 2.91. The van der Waals surface area contributed by atoms with Gasteiger partial charge >= 0.3 is 0 Å². The second-order valence-corrected chi connectivity index (χ2v) is 6.97. The quantitative estimate of drug-likeness (QED) is 0.744. The summed E-state index contributed by atoms with van der Waals surface area (Å²) in [5, 5.41) is 3.01. The SMILES string of the molecule is NCCc1cc(Br)c(OCC(=O)NC2CCCC2)c(Br)c1. The zero-order valence-corrected chi connectivity index (χ0v) is 15.0. The predicted molar refractivity (Wildman–Crippen MR) is 90.5 cm³/mol. The van der Waals surface area contributed by atoms with E-state index >= 15 is 0 Å². The summed E-state index contributed by atoms with van der Waals surface area (Å²) in [6.45, 7) is 0.632. The lowest BCUT2D eigenvalue weighted by molar-refractivity contribution is -0.123. The molecule has 4 nitrogen and oxygen atoms in total. The minimum atomic E-state index is -0.0632. The first-order valence-electron chi connectivity index (χ1n) is 7.20. The van der Waals surface area contributed by atoms with Gasteiger partial charge in [-0.2, -0.15) is 0 Å². The lowest BCUT2D eigenvalue weighted by Crippen LogP contribution is -2.36. The van der Waals surface area contributed by atoms with Crippen molar-refractivity contribution in [3.63, 3.8) is 0 Å². The molecule has 1 fully saturated rings. The molecule has 6 heteroatoms. The summed E-state index contributed by atoms with van der Waals surface area (Å²) >= 11 is 6.96. The zero-order chi connectivity index (χ0) is 15.2. The van der Waals surface area contributed by atoms with Crippen LogP contribution in [0.1, 0.15) is 31.2 Å². The summed E-state index contributed by atoms with van der Waals surface area (Å²) in [6, 6.07) is 4.27. The molecular formula is C15H20Br2N2O2. The normalized spacial score (nSPS) is 15.2. The highest BCUT2D eigenvalue weighted by Crippen LogP contribution is 2.34. The Balaban J connectivity index is 1.91. The maximum atomic E-state index is 11.9. The number of rotatable bonds is 6. The molecule has 0 atom stereocenters. The van der Waals surface area contributed by atoms with Crippen molar-refractivity contribution in [2.45, 2.75) is 38.1 Å². The highest BCUT2D eigenvalue weighted by atomic mass is 79.9. The van der Waals surface area contributed by atoms with E-state index in [1.807, 2.05) is 12.1 Å². The van der Waals surface area contributed by atoms with Crippen molar-refractivity contribution in [2.75, 3.05) is 13.2 Å². The molecule has 1 aliphatic rings. The van der Waals surface area contributed by atoms with Crippen LogP contribution in [0.4, 0.5) is 0 Å². The first-order chi connectivity index (χ1) is 10.1. The molecule has 1 aliphatic carbocycles. The predicted octanol–water partition coefficient (Wildman–Crippen LogP) is 3.15. The van der Waals surface area contributed by atoms with Crippen LogP contribution in [-0.4, -0.2) is 25.1 Å². The molecule has 0 aliphatic heterocycles. The molecule has 1 saturated carbocycles. The smallest absolute Gasteiger partial charge is 0.258 e. The van der Waals surface area contributed by atoms with E-state index in [1.165, 1.54) is 12.8 Å². The number of nitrogens with one attached hydrogen (secondary N) is 1. The number of halogens is 2. The molecule has 1 amide bonds. The van der Waals surface area contributed by atoms with Crippen molar-refractivity contribution < 1.29 is 9.53 Å². The van der Waals surface area contributed by atoms with E-state index in [1.54, 1.807) is 0 Å². The van der Waals surface area contributed by atoms with Crippen LogP contribution in [0.5, 0.6) is 5.75 Å². The molecule has 1 aromatic rings. The largest absolute Gasteiger partial charge is 0.481 e. The number of ether oxygens (including phenoxy) is 1. The molecule has 0 radical (unpaired) electrons. The number of benzene rings is 1. The lowest BCUT2D eigenvalue weighted by atomic mass is 10.1. The molecule has 0 spiro atoms. The first-order valence-corrected chi connectivity index (χ1v) is 8.79. The van der Waals surface area contributed by atoms with Gasteiger partial charge in [-0.1, -0.05) is 12.8 Å². The van der Waals surface area contributed by atoms with E-state index in [4.69, 9.17) is 10.5 Å². The third-order valence-corrected chi connectivity index (χ3v) is 4.74. The molecule has 21 heavy (non-hydrogen) atoms. The van der Waals surface area contributed by atoms with E-state index in [0.717, 1.165) is 33.8 Å². The van der Waals surface area contributed by atoms with Crippen LogP contribution in [0.15, 0.2) is 21.1 Å². The number of hydrogen-bond acceptors (Lipinski definition) is 3. The average molecular weight is 420 g/mol.